The quantitative estimate of drug-likeness (QED) is 0.326. The summed E-state index contributed by atoms with van der Waals surface area (Å²) in [5.41, 5.74) is 1.47. The van der Waals surface area contributed by atoms with Crippen LogP contribution in [0.3, 0.4) is 0 Å². The minimum atomic E-state index is -0.900. The summed E-state index contributed by atoms with van der Waals surface area (Å²) in [7, 11) is 0. The average molecular weight is 510 g/mol. The maximum Gasteiger partial charge on any atom is 0.294 e. The third-order valence-corrected chi connectivity index (χ3v) is 6.78. The van der Waals surface area contributed by atoms with Gasteiger partial charge < -0.3 is 14.6 Å². The summed E-state index contributed by atoms with van der Waals surface area (Å²) in [5.74, 6) is -2.11. The molecule has 3 heterocycles. The largest absolute Gasteiger partial charge is 0.506 e. The number of phenolic OH excluding ortho intramolecular Hbond substituents is 1. The zero-order valence-electron chi connectivity index (χ0n) is 16.7. The molecule has 1 aliphatic heterocycles. The van der Waals surface area contributed by atoms with Crippen LogP contribution in [-0.2, 0) is 4.79 Å². The van der Waals surface area contributed by atoms with Gasteiger partial charge in [-0.1, -0.05) is 28.1 Å². The molecule has 0 radical (unpaired) electrons. The second kappa shape index (κ2) is 7.65. The fourth-order valence-electron chi connectivity index (χ4n) is 3.89. The van der Waals surface area contributed by atoms with Gasteiger partial charge in [-0.3, -0.25) is 14.5 Å². The Balaban J connectivity index is 1.66. The van der Waals surface area contributed by atoms with Crippen LogP contribution < -0.4 is 4.90 Å². The van der Waals surface area contributed by atoms with Gasteiger partial charge in [-0.25, -0.2) is 0 Å². The van der Waals surface area contributed by atoms with Crippen LogP contribution in [0.1, 0.15) is 27.0 Å². The van der Waals surface area contributed by atoms with Gasteiger partial charge in [0.25, 0.3) is 5.91 Å². The van der Waals surface area contributed by atoms with Crippen LogP contribution >= 0.6 is 27.3 Å². The Morgan fingerprint density at radius 3 is 2.69 bits per heavy atom. The van der Waals surface area contributed by atoms with E-state index in [1.807, 2.05) is 18.4 Å². The first-order chi connectivity index (χ1) is 15.3. The summed E-state index contributed by atoms with van der Waals surface area (Å²) in [4.78, 5) is 28.6. The summed E-state index contributed by atoms with van der Waals surface area (Å²) >= 11 is 4.74. The number of fused-ring (bicyclic) bond motifs is 1. The SMILES string of the molecule is Cc1ccc(O)c(N2C(=O)C(O)=C(C(=O)c3cc4cc(Br)ccc4o3)C2c2cccs2)c1. The van der Waals surface area contributed by atoms with Crippen molar-refractivity contribution < 1.29 is 24.2 Å². The lowest BCUT2D eigenvalue weighted by atomic mass is 9.99. The molecule has 0 fully saturated rings. The molecule has 8 heteroatoms. The standard InChI is InChI=1S/C24H16BrNO5S/c1-12-4-6-16(27)15(9-12)26-21(19-3-2-8-32-19)20(23(29)24(26)30)22(28)18-11-13-10-14(25)5-7-17(13)31-18/h2-11,21,27,29H,1H3. The van der Waals surface area contributed by atoms with Crippen molar-refractivity contribution in [2.45, 2.75) is 13.0 Å². The number of benzene rings is 2. The van der Waals surface area contributed by atoms with Gasteiger partial charge in [0.15, 0.2) is 11.5 Å². The smallest absolute Gasteiger partial charge is 0.294 e. The number of thiophene rings is 1. The van der Waals surface area contributed by atoms with E-state index in [1.54, 1.807) is 42.5 Å². The fourth-order valence-corrected chi connectivity index (χ4v) is 5.09. The number of rotatable bonds is 4. The minimum absolute atomic E-state index is 0.0179. The van der Waals surface area contributed by atoms with E-state index in [4.69, 9.17) is 4.42 Å². The van der Waals surface area contributed by atoms with E-state index in [9.17, 15) is 19.8 Å². The Morgan fingerprint density at radius 2 is 1.94 bits per heavy atom. The predicted octanol–water partition coefficient (Wildman–Crippen LogP) is 6.05. The third-order valence-electron chi connectivity index (χ3n) is 5.36. The zero-order valence-corrected chi connectivity index (χ0v) is 19.1. The number of hydrogen-bond acceptors (Lipinski definition) is 6. The number of aryl methyl sites for hydroxylation is 1. The minimum Gasteiger partial charge on any atom is -0.506 e. The molecule has 0 bridgehead atoms. The predicted molar refractivity (Wildman–Crippen MR) is 125 cm³/mol. The van der Waals surface area contributed by atoms with Crippen molar-refractivity contribution in [3.05, 3.63) is 92.0 Å². The second-order valence-electron chi connectivity index (χ2n) is 7.47. The highest BCUT2D eigenvalue weighted by Crippen LogP contribution is 2.46. The first kappa shape index (κ1) is 20.5. The summed E-state index contributed by atoms with van der Waals surface area (Å²) in [6, 6.07) is 14.5. The number of aromatic hydroxyl groups is 1. The summed E-state index contributed by atoms with van der Waals surface area (Å²) in [6.45, 7) is 1.83. The molecule has 32 heavy (non-hydrogen) atoms. The number of ketones is 1. The molecule has 6 nitrogen and oxygen atoms in total. The van der Waals surface area contributed by atoms with Crippen LogP contribution in [0, 0.1) is 6.92 Å². The number of halogens is 1. The molecule has 2 aromatic carbocycles. The molecule has 0 aliphatic carbocycles. The van der Waals surface area contributed by atoms with Crippen molar-refractivity contribution in [1.29, 1.82) is 0 Å². The highest BCUT2D eigenvalue weighted by atomic mass is 79.9. The van der Waals surface area contributed by atoms with Crippen LogP contribution in [0.15, 0.2) is 80.2 Å². The fraction of sp³-hybridized carbons (Fsp3) is 0.0833. The molecular weight excluding hydrogens is 494 g/mol. The molecule has 2 N–H and O–H groups in total. The van der Waals surface area contributed by atoms with E-state index in [0.29, 0.717) is 15.8 Å². The van der Waals surface area contributed by atoms with E-state index < -0.39 is 23.5 Å². The maximum absolute atomic E-state index is 13.5. The number of phenols is 1. The molecule has 0 saturated carbocycles. The average Bonchev–Trinajstić information content (AvgIpc) is 3.48. The van der Waals surface area contributed by atoms with Gasteiger partial charge in [0.1, 0.15) is 17.4 Å². The lowest BCUT2D eigenvalue weighted by molar-refractivity contribution is -0.117. The highest BCUT2D eigenvalue weighted by molar-refractivity contribution is 9.10. The van der Waals surface area contributed by atoms with Crippen molar-refractivity contribution in [2.75, 3.05) is 4.90 Å². The van der Waals surface area contributed by atoms with Gasteiger partial charge in [0, 0.05) is 14.7 Å². The number of carbonyl (C=O) groups is 2. The molecule has 4 aromatic rings. The summed E-state index contributed by atoms with van der Waals surface area (Å²) < 4.78 is 6.57. The highest BCUT2D eigenvalue weighted by Gasteiger charge is 2.46. The molecule has 5 rings (SSSR count). The number of carbonyl (C=O) groups excluding carboxylic acids is 2. The Bertz CT molecular complexity index is 1420. The Morgan fingerprint density at radius 1 is 1.12 bits per heavy atom. The van der Waals surface area contributed by atoms with Crippen molar-refractivity contribution in [3.63, 3.8) is 0 Å². The van der Waals surface area contributed by atoms with Crippen molar-refractivity contribution >= 4 is 55.6 Å². The summed E-state index contributed by atoms with van der Waals surface area (Å²) in [5, 5.41) is 23.8. The Hall–Kier alpha value is -3.36. The third kappa shape index (κ3) is 3.23. The van der Waals surface area contributed by atoms with E-state index in [0.717, 1.165) is 10.0 Å². The number of furan rings is 1. The lowest BCUT2D eigenvalue weighted by Crippen LogP contribution is -2.30. The van der Waals surface area contributed by atoms with Crippen LogP contribution in [0.4, 0.5) is 5.69 Å². The number of amides is 1. The molecule has 160 valence electrons. The van der Waals surface area contributed by atoms with E-state index in [2.05, 4.69) is 15.9 Å². The van der Waals surface area contributed by atoms with Gasteiger partial charge in [-0.2, -0.15) is 0 Å². The van der Waals surface area contributed by atoms with E-state index in [-0.39, 0.29) is 22.8 Å². The van der Waals surface area contributed by atoms with Crippen LogP contribution in [0.25, 0.3) is 11.0 Å². The first-order valence-corrected chi connectivity index (χ1v) is 11.4. The van der Waals surface area contributed by atoms with Gasteiger partial charge in [0.2, 0.25) is 5.78 Å². The molecule has 1 amide bonds. The molecule has 1 atom stereocenters. The Kier molecular flexibility index (Phi) is 4.91. The van der Waals surface area contributed by atoms with Crippen molar-refractivity contribution in [1.82, 2.24) is 0 Å². The number of hydrogen-bond donors (Lipinski definition) is 2. The van der Waals surface area contributed by atoms with Gasteiger partial charge >= 0.3 is 0 Å². The van der Waals surface area contributed by atoms with E-state index >= 15 is 0 Å². The van der Waals surface area contributed by atoms with Crippen LogP contribution in [0.2, 0.25) is 0 Å². The van der Waals surface area contributed by atoms with Crippen molar-refractivity contribution in [3.8, 4) is 5.75 Å². The molecule has 0 saturated heterocycles. The first-order valence-electron chi connectivity index (χ1n) is 9.68. The normalized spacial score (nSPS) is 16.4. The number of nitrogens with zero attached hydrogens (tertiary/aromatic N) is 1. The van der Waals surface area contributed by atoms with Crippen LogP contribution in [-0.4, -0.2) is 21.9 Å². The molecule has 0 spiro atoms. The second-order valence-corrected chi connectivity index (χ2v) is 9.36. The number of aliphatic hydroxyl groups is 1. The molecule has 1 unspecified atom stereocenters. The molecule has 1 aliphatic rings. The topological polar surface area (TPSA) is 91.0 Å². The van der Waals surface area contributed by atoms with Gasteiger partial charge in [0.05, 0.1) is 11.3 Å². The molecular formula is C24H16BrNO5S. The monoisotopic (exact) mass is 509 g/mol. The van der Waals surface area contributed by atoms with Gasteiger partial charge in [-0.05, 0) is 60.3 Å². The number of anilines is 1. The maximum atomic E-state index is 13.5. The molecule has 2 aromatic heterocycles. The number of aliphatic hydroxyl groups excluding tert-OH is 1. The number of Topliss-reactive ketones (excluding diaryl/α,β-unsaturated/α-hetero) is 1. The van der Waals surface area contributed by atoms with Gasteiger partial charge in [-0.15, -0.1) is 11.3 Å². The Labute approximate surface area is 195 Å². The van der Waals surface area contributed by atoms with Crippen molar-refractivity contribution in [2.24, 2.45) is 0 Å². The van der Waals surface area contributed by atoms with Crippen LogP contribution in [0.5, 0.6) is 5.75 Å². The summed E-state index contributed by atoms with van der Waals surface area (Å²) in [6.07, 6.45) is 0. The zero-order chi connectivity index (χ0) is 22.6. The van der Waals surface area contributed by atoms with E-state index in [1.165, 1.54) is 22.3 Å². The lowest BCUT2D eigenvalue weighted by Gasteiger charge is -2.26.